The van der Waals surface area contributed by atoms with E-state index >= 15 is 0 Å². The van der Waals surface area contributed by atoms with Gasteiger partial charge in [-0.25, -0.2) is 0 Å². The van der Waals surface area contributed by atoms with Gasteiger partial charge >= 0.3 is 11.2 Å². The fraction of sp³-hybridized carbons (Fsp3) is 0.850. The lowest BCUT2D eigenvalue weighted by molar-refractivity contribution is -0.133. The molecule has 1 unspecified atom stereocenters. The molecule has 156 valence electrons. The molecule has 1 atom stereocenters. The number of rotatable bonds is 17. The molecule has 0 amide bonds. The van der Waals surface area contributed by atoms with E-state index in [4.69, 9.17) is 4.74 Å². The maximum absolute atomic E-state index is 11.9. The van der Waals surface area contributed by atoms with Crippen molar-refractivity contribution in [1.82, 2.24) is 10.2 Å². The van der Waals surface area contributed by atoms with E-state index in [0.717, 1.165) is 30.6 Å². The Morgan fingerprint density at radius 2 is 1.37 bits per heavy atom. The SMILES string of the molecule is CCCCCCCCCCCCCCCCC(S)C(=O)Oc1nnc(S)s1. The maximum atomic E-state index is 11.9. The van der Waals surface area contributed by atoms with Gasteiger partial charge in [-0.1, -0.05) is 102 Å². The highest BCUT2D eigenvalue weighted by molar-refractivity contribution is 7.82. The molecular formula is C20H36N2O2S3. The molecule has 1 aromatic heterocycles. The second kappa shape index (κ2) is 16.7. The quantitative estimate of drug-likeness (QED) is 0.160. The van der Waals surface area contributed by atoms with Gasteiger partial charge in [0.2, 0.25) is 0 Å². The summed E-state index contributed by atoms with van der Waals surface area (Å²) in [6, 6.07) is 0. The van der Waals surface area contributed by atoms with Crippen molar-refractivity contribution < 1.29 is 9.53 Å². The van der Waals surface area contributed by atoms with Crippen molar-refractivity contribution in [3.05, 3.63) is 0 Å². The minimum absolute atomic E-state index is 0.241. The number of ether oxygens (including phenoxy) is 1. The molecule has 0 aliphatic heterocycles. The molecule has 7 heteroatoms. The molecule has 0 N–H and O–H groups in total. The third-order valence-electron chi connectivity index (χ3n) is 4.69. The summed E-state index contributed by atoms with van der Waals surface area (Å²) in [6.07, 6.45) is 19.3. The molecule has 4 nitrogen and oxygen atoms in total. The van der Waals surface area contributed by atoms with E-state index in [0.29, 0.717) is 4.34 Å². The Morgan fingerprint density at radius 3 is 1.81 bits per heavy atom. The van der Waals surface area contributed by atoms with Crippen LogP contribution in [0.25, 0.3) is 0 Å². The van der Waals surface area contributed by atoms with Gasteiger partial charge in [0.05, 0.1) is 0 Å². The number of hydrogen-bond donors (Lipinski definition) is 2. The second-order valence-corrected chi connectivity index (χ2v) is 9.46. The van der Waals surface area contributed by atoms with Crippen LogP contribution < -0.4 is 4.74 Å². The Morgan fingerprint density at radius 1 is 0.889 bits per heavy atom. The summed E-state index contributed by atoms with van der Waals surface area (Å²) < 4.78 is 5.63. The van der Waals surface area contributed by atoms with Crippen molar-refractivity contribution in [2.24, 2.45) is 0 Å². The number of esters is 1. The van der Waals surface area contributed by atoms with Crippen LogP contribution in [0.2, 0.25) is 0 Å². The van der Waals surface area contributed by atoms with Gasteiger partial charge in [0.15, 0.2) is 4.34 Å². The summed E-state index contributed by atoms with van der Waals surface area (Å²) >= 11 is 9.54. The average Bonchev–Trinajstić information content (AvgIpc) is 3.06. The Balaban J connectivity index is 1.86. The first kappa shape index (κ1) is 24.8. The molecule has 0 aliphatic carbocycles. The number of aromatic nitrogens is 2. The van der Waals surface area contributed by atoms with E-state index in [-0.39, 0.29) is 11.2 Å². The highest BCUT2D eigenvalue weighted by Crippen LogP contribution is 2.22. The molecule has 1 rings (SSSR count). The Hall–Kier alpha value is -0.270. The number of carbonyl (C=O) groups excluding carboxylic acids is 1. The van der Waals surface area contributed by atoms with Crippen LogP contribution >= 0.6 is 36.6 Å². The lowest BCUT2D eigenvalue weighted by Gasteiger charge is -2.08. The van der Waals surface area contributed by atoms with Crippen LogP contribution in [0.3, 0.4) is 0 Å². The van der Waals surface area contributed by atoms with Crippen molar-refractivity contribution in [2.45, 2.75) is 113 Å². The van der Waals surface area contributed by atoms with Crippen LogP contribution in [0.15, 0.2) is 4.34 Å². The predicted octanol–water partition coefficient (Wildman–Crippen LogP) is 6.90. The fourth-order valence-corrected chi connectivity index (χ4v) is 4.01. The number of nitrogens with zero attached hydrogens (tertiary/aromatic N) is 2. The molecule has 0 bridgehead atoms. The van der Waals surface area contributed by atoms with Crippen molar-refractivity contribution in [1.29, 1.82) is 0 Å². The van der Waals surface area contributed by atoms with E-state index < -0.39 is 5.25 Å². The summed E-state index contributed by atoms with van der Waals surface area (Å²) in [6.45, 7) is 2.27. The molecule has 0 saturated heterocycles. The number of hydrogen-bond acceptors (Lipinski definition) is 7. The average molecular weight is 433 g/mol. The zero-order chi connectivity index (χ0) is 19.7. The Labute approximate surface area is 180 Å². The van der Waals surface area contributed by atoms with Crippen LogP contribution in [-0.2, 0) is 4.79 Å². The molecule has 0 saturated carbocycles. The highest BCUT2D eigenvalue weighted by Gasteiger charge is 2.17. The third-order valence-corrected chi connectivity index (χ3v) is 6.12. The zero-order valence-electron chi connectivity index (χ0n) is 16.7. The predicted molar refractivity (Wildman–Crippen MR) is 120 cm³/mol. The van der Waals surface area contributed by atoms with E-state index in [9.17, 15) is 4.79 Å². The molecule has 1 heterocycles. The number of thiol groups is 2. The van der Waals surface area contributed by atoms with Gasteiger partial charge in [-0.3, -0.25) is 4.79 Å². The normalized spacial score (nSPS) is 12.3. The molecular weight excluding hydrogens is 396 g/mol. The smallest absolute Gasteiger partial charge is 0.326 e. The van der Waals surface area contributed by atoms with E-state index in [1.807, 2.05) is 0 Å². The minimum atomic E-state index is -0.394. The van der Waals surface area contributed by atoms with Crippen LogP contribution in [0.1, 0.15) is 103 Å². The maximum Gasteiger partial charge on any atom is 0.326 e. The van der Waals surface area contributed by atoms with Gasteiger partial charge in [-0.05, 0) is 17.8 Å². The van der Waals surface area contributed by atoms with Crippen molar-refractivity contribution >= 4 is 42.6 Å². The summed E-state index contributed by atoms with van der Waals surface area (Å²) in [5, 5.41) is 7.28. The van der Waals surface area contributed by atoms with E-state index in [2.05, 4.69) is 42.4 Å². The molecule has 0 fully saturated rings. The second-order valence-electron chi connectivity index (χ2n) is 7.17. The highest BCUT2D eigenvalue weighted by atomic mass is 32.2. The lowest BCUT2D eigenvalue weighted by Crippen LogP contribution is -2.20. The minimum Gasteiger partial charge on any atom is -0.396 e. The Kier molecular flexibility index (Phi) is 15.3. The van der Waals surface area contributed by atoms with Crippen LogP contribution in [0.5, 0.6) is 5.19 Å². The molecule has 27 heavy (non-hydrogen) atoms. The summed E-state index contributed by atoms with van der Waals surface area (Å²) in [5.41, 5.74) is 0. The monoisotopic (exact) mass is 432 g/mol. The summed E-state index contributed by atoms with van der Waals surface area (Å²) in [4.78, 5) is 11.9. The van der Waals surface area contributed by atoms with Gasteiger partial charge in [-0.2, -0.15) is 12.6 Å². The molecule has 1 aromatic rings. The first-order valence-electron chi connectivity index (χ1n) is 10.6. The summed E-state index contributed by atoms with van der Waals surface area (Å²) in [5.74, 6) is -0.350. The third kappa shape index (κ3) is 13.5. The molecule has 0 aromatic carbocycles. The van der Waals surface area contributed by atoms with Crippen LogP contribution in [0, 0.1) is 0 Å². The van der Waals surface area contributed by atoms with Crippen LogP contribution in [-0.4, -0.2) is 21.4 Å². The van der Waals surface area contributed by atoms with E-state index in [1.165, 1.54) is 77.0 Å². The number of unbranched alkanes of at least 4 members (excludes halogenated alkanes) is 13. The first-order chi connectivity index (χ1) is 13.1. The van der Waals surface area contributed by atoms with Gasteiger partial charge in [0, 0.05) is 0 Å². The Bertz CT molecular complexity index is 497. The molecule has 0 spiro atoms. The van der Waals surface area contributed by atoms with E-state index in [1.54, 1.807) is 0 Å². The zero-order valence-corrected chi connectivity index (χ0v) is 19.3. The largest absolute Gasteiger partial charge is 0.396 e. The summed E-state index contributed by atoms with van der Waals surface area (Å²) in [7, 11) is 0. The van der Waals surface area contributed by atoms with Gasteiger partial charge in [-0.15, -0.1) is 17.7 Å². The first-order valence-corrected chi connectivity index (χ1v) is 12.3. The fourth-order valence-electron chi connectivity index (χ4n) is 3.05. The molecule has 0 radical (unpaired) electrons. The van der Waals surface area contributed by atoms with Gasteiger partial charge in [0.25, 0.3) is 0 Å². The molecule has 0 aliphatic rings. The van der Waals surface area contributed by atoms with Crippen LogP contribution in [0.4, 0.5) is 0 Å². The van der Waals surface area contributed by atoms with Gasteiger partial charge in [0.1, 0.15) is 5.25 Å². The van der Waals surface area contributed by atoms with Crippen molar-refractivity contribution in [3.8, 4) is 5.19 Å². The van der Waals surface area contributed by atoms with Crippen molar-refractivity contribution in [3.63, 3.8) is 0 Å². The standard InChI is InChI=1S/C20H36N2O2S3/c1-2-3-4-5-6-7-8-9-10-11-12-13-14-15-16-17(25)18(23)24-19-21-22-20(26)27-19/h17,25H,2-16H2,1H3,(H,22,26). The van der Waals surface area contributed by atoms with Crippen molar-refractivity contribution in [2.75, 3.05) is 0 Å². The topological polar surface area (TPSA) is 52.1 Å². The number of carbonyl (C=O) groups is 1. The lowest BCUT2D eigenvalue weighted by atomic mass is 10.0. The van der Waals surface area contributed by atoms with Gasteiger partial charge < -0.3 is 4.74 Å².